The molecule has 1 heterocycles. The Hall–Kier alpha value is 0.790. The van der Waals surface area contributed by atoms with E-state index in [4.69, 9.17) is 44.6 Å². The maximum absolute atomic E-state index is 9.01. The summed E-state index contributed by atoms with van der Waals surface area (Å²) in [5.41, 5.74) is 0. The molecule has 2 unspecified atom stereocenters. The molecule has 1 saturated heterocycles. The predicted octanol–water partition coefficient (Wildman–Crippen LogP) is 1.51. The van der Waals surface area contributed by atoms with Gasteiger partial charge >= 0.3 is 0 Å². The van der Waals surface area contributed by atoms with Gasteiger partial charge in [-0.05, 0) is 0 Å². The molecule has 60 valence electrons. The Bertz CT molecular complexity index is 128. The van der Waals surface area contributed by atoms with E-state index in [1.165, 1.54) is 0 Å². The summed E-state index contributed by atoms with van der Waals surface area (Å²) in [7, 11) is 0. The zero-order chi connectivity index (χ0) is 7.78. The van der Waals surface area contributed by atoms with Crippen LogP contribution in [-0.2, 0) is 4.74 Å². The first kappa shape index (κ1) is 8.88. The maximum Gasteiger partial charge on any atom is 0.188 e. The van der Waals surface area contributed by atoms with Crippen LogP contribution in [0, 0.1) is 0 Å². The average molecular weight is 205 g/mol. The smallest absolute Gasteiger partial charge is 0.188 e. The highest BCUT2D eigenvalue weighted by molar-refractivity contribution is 6.49. The molecule has 0 saturated carbocycles. The van der Waals surface area contributed by atoms with Crippen molar-refractivity contribution >= 4 is 34.8 Å². The van der Waals surface area contributed by atoms with Crippen LogP contribution in [0.5, 0.6) is 0 Å². The molecule has 0 aromatic carbocycles. The summed E-state index contributed by atoms with van der Waals surface area (Å²) in [5, 5.41) is 8.80. The Kier molecular flexibility index (Phi) is 2.69. The number of hydrogen-bond acceptors (Lipinski definition) is 2. The Morgan fingerprint density at radius 3 is 2.50 bits per heavy atom. The molecule has 0 aromatic heterocycles. The van der Waals surface area contributed by atoms with Gasteiger partial charge in [-0.25, -0.2) is 0 Å². The molecule has 10 heavy (non-hydrogen) atoms. The van der Waals surface area contributed by atoms with Gasteiger partial charge in [-0.2, -0.15) is 0 Å². The molecule has 1 aliphatic heterocycles. The fourth-order valence-electron chi connectivity index (χ4n) is 0.773. The van der Waals surface area contributed by atoms with Gasteiger partial charge in [-0.1, -0.05) is 23.2 Å². The molecule has 1 N–H and O–H groups in total. The minimum atomic E-state index is -1.25. The molecule has 0 bridgehead atoms. The van der Waals surface area contributed by atoms with Gasteiger partial charge in [0.2, 0.25) is 0 Å². The van der Waals surface area contributed by atoms with Crippen LogP contribution in [0.3, 0.4) is 0 Å². The summed E-state index contributed by atoms with van der Waals surface area (Å²) in [5.74, 6) is 0. The van der Waals surface area contributed by atoms with Crippen molar-refractivity contribution in [2.24, 2.45) is 0 Å². The third-order valence-electron chi connectivity index (χ3n) is 1.29. The third-order valence-corrected chi connectivity index (χ3v) is 2.25. The topological polar surface area (TPSA) is 29.5 Å². The Morgan fingerprint density at radius 2 is 2.10 bits per heavy atom. The third kappa shape index (κ3) is 1.89. The van der Waals surface area contributed by atoms with E-state index in [1.54, 1.807) is 0 Å². The van der Waals surface area contributed by atoms with Gasteiger partial charge in [0, 0.05) is 6.42 Å². The van der Waals surface area contributed by atoms with Crippen LogP contribution in [0.15, 0.2) is 0 Å². The molecule has 0 aliphatic carbocycles. The van der Waals surface area contributed by atoms with Crippen LogP contribution in [0.1, 0.15) is 6.42 Å². The number of aliphatic hydroxyl groups is 1. The monoisotopic (exact) mass is 204 g/mol. The molecule has 1 fully saturated rings. The molecular weight excluding hydrogens is 198 g/mol. The normalized spacial score (nSPS) is 39.6. The first-order valence-corrected chi connectivity index (χ1v) is 4.03. The van der Waals surface area contributed by atoms with Gasteiger partial charge in [-0.3, -0.25) is 0 Å². The van der Waals surface area contributed by atoms with E-state index in [0.717, 1.165) is 0 Å². The Morgan fingerprint density at radius 1 is 1.50 bits per heavy atom. The van der Waals surface area contributed by atoms with E-state index < -0.39 is 10.6 Å². The lowest BCUT2D eigenvalue weighted by Crippen LogP contribution is -2.42. The molecule has 0 amide bonds. The van der Waals surface area contributed by atoms with Crippen LogP contribution in [-0.4, -0.2) is 27.7 Å². The molecule has 0 spiro atoms. The van der Waals surface area contributed by atoms with Crippen molar-refractivity contribution in [1.29, 1.82) is 0 Å². The predicted molar refractivity (Wildman–Crippen MR) is 40.7 cm³/mol. The first-order valence-electron chi connectivity index (χ1n) is 2.84. The van der Waals surface area contributed by atoms with E-state index in [1.807, 2.05) is 0 Å². The quantitative estimate of drug-likeness (QED) is 0.608. The lowest BCUT2D eigenvalue weighted by atomic mass is 10.2. The number of ether oxygens (including phenoxy) is 1. The zero-order valence-corrected chi connectivity index (χ0v) is 7.33. The summed E-state index contributed by atoms with van der Waals surface area (Å²) >= 11 is 16.9. The molecular formula is C5H7Cl3O2. The second-order valence-electron chi connectivity index (χ2n) is 2.25. The molecule has 1 rings (SSSR count). The second-order valence-corrected chi connectivity index (χ2v) is 4.41. The van der Waals surface area contributed by atoms with Gasteiger partial charge in [0.15, 0.2) is 10.6 Å². The summed E-state index contributed by atoms with van der Waals surface area (Å²) < 4.78 is 3.52. The summed E-state index contributed by atoms with van der Waals surface area (Å²) in [4.78, 5) is 0. The van der Waals surface area contributed by atoms with E-state index in [-0.39, 0.29) is 5.38 Å². The van der Waals surface area contributed by atoms with Crippen molar-refractivity contribution in [3.8, 4) is 0 Å². The minimum absolute atomic E-state index is 0.210. The molecule has 1 aliphatic rings. The maximum atomic E-state index is 9.01. The lowest BCUT2D eigenvalue weighted by Gasteiger charge is -2.32. The van der Waals surface area contributed by atoms with Crippen molar-refractivity contribution in [2.75, 3.05) is 6.61 Å². The fourth-order valence-corrected chi connectivity index (χ4v) is 1.75. The number of alkyl halides is 3. The van der Waals surface area contributed by atoms with E-state index in [0.29, 0.717) is 13.0 Å². The standard InChI is InChI=1S/C5H7Cl3O2/c6-3-1-5(7,8)4(9)10-2-3/h3-4,9H,1-2H2. The van der Waals surface area contributed by atoms with Gasteiger partial charge in [0.05, 0.1) is 12.0 Å². The van der Waals surface area contributed by atoms with Crippen molar-refractivity contribution < 1.29 is 9.84 Å². The molecule has 0 aromatic rings. The second kappa shape index (κ2) is 3.03. The molecule has 0 radical (unpaired) electrons. The summed E-state index contributed by atoms with van der Waals surface area (Å²) in [6.45, 7) is 0.296. The van der Waals surface area contributed by atoms with Gasteiger partial charge < -0.3 is 9.84 Å². The van der Waals surface area contributed by atoms with Crippen LogP contribution in [0.25, 0.3) is 0 Å². The number of hydrogen-bond donors (Lipinski definition) is 1. The van der Waals surface area contributed by atoms with Crippen molar-refractivity contribution in [3.05, 3.63) is 0 Å². The first-order chi connectivity index (χ1) is 4.52. The van der Waals surface area contributed by atoms with Gasteiger partial charge in [0.25, 0.3) is 0 Å². The largest absolute Gasteiger partial charge is 0.366 e. The summed E-state index contributed by atoms with van der Waals surface area (Å²) in [6.07, 6.45) is -0.774. The van der Waals surface area contributed by atoms with Crippen LogP contribution >= 0.6 is 34.8 Å². The van der Waals surface area contributed by atoms with Gasteiger partial charge in [0.1, 0.15) is 0 Å². The molecule has 2 atom stereocenters. The highest BCUT2D eigenvalue weighted by Gasteiger charge is 2.40. The van der Waals surface area contributed by atoms with Gasteiger partial charge in [-0.15, -0.1) is 11.6 Å². The number of rotatable bonds is 0. The van der Waals surface area contributed by atoms with Crippen molar-refractivity contribution in [3.63, 3.8) is 0 Å². The SMILES string of the molecule is OC1OCC(Cl)CC1(Cl)Cl. The van der Waals surface area contributed by atoms with Crippen LogP contribution in [0.2, 0.25) is 0 Å². The average Bonchev–Trinajstić information content (AvgIpc) is 1.78. The van der Waals surface area contributed by atoms with E-state index in [2.05, 4.69) is 0 Å². The van der Waals surface area contributed by atoms with Crippen LogP contribution < -0.4 is 0 Å². The number of halogens is 3. The summed E-state index contributed by atoms with van der Waals surface area (Å²) in [6, 6.07) is 0. The van der Waals surface area contributed by atoms with E-state index in [9.17, 15) is 0 Å². The molecule has 5 heteroatoms. The fraction of sp³-hybridized carbons (Fsp3) is 1.00. The zero-order valence-electron chi connectivity index (χ0n) is 5.06. The number of aliphatic hydroxyl groups excluding tert-OH is 1. The molecule has 2 nitrogen and oxygen atoms in total. The van der Waals surface area contributed by atoms with Crippen LogP contribution in [0.4, 0.5) is 0 Å². The lowest BCUT2D eigenvalue weighted by molar-refractivity contribution is -0.128. The Labute approximate surface area is 74.0 Å². The highest BCUT2D eigenvalue weighted by Crippen LogP contribution is 2.36. The minimum Gasteiger partial charge on any atom is -0.366 e. The van der Waals surface area contributed by atoms with Crippen molar-refractivity contribution in [1.82, 2.24) is 0 Å². The Balaban J connectivity index is 2.55. The van der Waals surface area contributed by atoms with E-state index >= 15 is 0 Å². The van der Waals surface area contributed by atoms with Crippen molar-refractivity contribution in [2.45, 2.75) is 22.4 Å². The highest BCUT2D eigenvalue weighted by atomic mass is 35.5.